The lowest BCUT2D eigenvalue weighted by Gasteiger charge is -2.13. The van der Waals surface area contributed by atoms with Gasteiger partial charge in [0.25, 0.3) is 0 Å². The molecule has 0 radical (unpaired) electrons. The number of hydrogen-bond donors (Lipinski definition) is 1. The molecule has 1 N–H and O–H groups in total. The molecule has 0 aliphatic rings. The number of thioether (sulfide) groups is 1. The van der Waals surface area contributed by atoms with Gasteiger partial charge in [-0.05, 0) is 35.9 Å². The first-order valence-electron chi connectivity index (χ1n) is 10.7. The molecule has 0 atom stereocenters. The van der Waals surface area contributed by atoms with Crippen LogP contribution in [0.5, 0.6) is 5.75 Å². The molecule has 0 fully saturated rings. The third kappa shape index (κ3) is 5.61. The zero-order chi connectivity index (χ0) is 23.8. The van der Waals surface area contributed by atoms with Gasteiger partial charge in [0.15, 0.2) is 0 Å². The van der Waals surface area contributed by atoms with Crippen molar-refractivity contribution in [3.8, 4) is 34.2 Å². The monoisotopic (exact) mass is 466 g/mol. The van der Waals surface area contributed by atoms with Crippen LogP contribution in [0.2, 0.25) is 0 Å². The van der Waals surface area contributed by atoms with Crippen LogP contribution in [0, 0.1) is 11.3 Å². The minimum atomic E-state index is -0.140. The molecule has 2 aromatic heterocycles. The molecule has 0 aliphatic heterocycles. The summed E-state index contributed by atoms with van der Waals surface area (Å²) in [6.07, 6.45) is 1.89. The number of rotatable bonds is 8. The number of pyridine rings is 2. The SMILES string of the molecule is COc1ccc(-c2cc(-c3ccccc3)nc(SCCC(=O)Nc3ccccn3)c2C#N)cc1. The van der Waals surface area contributed by atoms with E-state index in [1.165, 1.54) is 11.8 Å². The van der Waals surface area contributed by atoms with Crippen LogP contribution in [0.25, 0.3) is 22.4 Å². The molecule has 7 heteroatoms. The Kier molecular flexibility index (Phi) is 7.53. The van der Waals surface area contributed by atoms with Gasteiger partial charge in [-0.2, -0.15) is 5.26 Å². The number of nitrogens with zero attached hydrogens (tertiary/aromatic N) is 3. The van der Waals surface area contributed by atoms with Crippen LogP contribution in [-0.2, 0) is 4.79 Å². The van der Waals surface area contributed by atoms with Crippen LogP contribution >= 0.6 is 11.8 Å². The molecule has 34 heavy (non-hydrogen) atoms. The van der Waals surface area contributed by atoms with Crippen LogP contribution < -0.4 is 10.1 Å². The predicted molar refractivity (Wildman–Crippen MR) is 135 cm³/mol. The lowest BCUT2D eigenvalue weighted by Crippen LogP contribution is -2.13. The lowest BCUT2D eigenvalue weighted by atomic mass is 9.99. The van der Waals surface area contributed by atoms with E-state index in [0.717, 1.165) is 28.1 Å². The summed E-state index contributed by atoms with van der Waals surface area (Å²) < 4.78 is 5.27. The normalized spacial score (nSPS) is 10.4. The maximum absolute atomic E-state index is 12.3. The number of hydrogen-bond acceptors (Lipinski definition) is 6. The third-order valence-electron chi connectivity index (χ3n) is 5.07. The largest absolute Gasteiger partial charge is 0.497 e. The van der Waals surface area contributed by atoms with Gasteiger partial charge in [0.1, 0.15) is 22.7 Å². The van der Waals surface area contributed by atoms with E-state index in [-0.39, 0.29) is 12.3 Å². The molecule has 0 unspecified atom stereocenters. The average molecular weight is 467 g/mol. The molecule has 0 saturated carbocycles. The molecule has 2 aromatic carbocycles. The highest BCUT2D eigenvalue weighted by molar-refractivity contribution is 7.99. The summed E-state index contributed by atoms with van der Waals surface area (Å²) in [7, 11) is 1.62. The van der Waals surface area contributed by atoms with Crippen LogP contribution in [0.3, 0.4) is 0 Å². The fraction of sp³-hybridized carbons (Fsp3) is 0.111. The van der Waals surface area contributed by atoms with Crippen LogP contribution in [0.15, 0.2) is 90.1 Å². The molecular weight excluding hydrogens is 444 g/mol. The first-order valence-corrected chi connectivity index (χ1v) is 11.6. The van der Waals surface area contributed by atoms with Crippen LogP contribution in [-0.4, -0.2) is 28.7 Å². The van der Waals surface area contributed by atoms with E-state index in [4.69, 9.17) is 9.72 Å². The molecule has 0 spiro atoms. The second kappa shape index (κ2) is 11.1. The van der Waals surface area contributed by atoms with E-state index in [1.807, 2.05) is 66.7 Å². The Morgan fingerprint density at radius 3 is 2.47 bits per heavy atom. The van der Waals surface area contributed by atoms with Gasteiger partial charge in [-0.25, -0.2) is 9.97 Å². The minimum Gasteiger partial charge on any atom is -0.497 e. The Bertz CT molecular complexity index is 1300. The van der Waals surface area contributed by atoms with Crippen molar-refractivity contribution in [3.63, 3.8) is 0 Å². The first-order chi connectivity index (χ1) is 16.7. The molecule has 6 nitrogen and oxygen atoms in total. The molecular formula is C27H22N4O2S. The van der Waals surface area contributed by atoms with Crippen molar-refractivity contribution < 1.29 is 9.53 Å². The molecule has 2 heterocycles. The van der Waals surface area contributed by atoms with E-state index in [0.29, 0.717) is 22.2 Å². The van der Waals surface area contributed by atoms with E-state index in [9.17, 15) is 10.1 Å². The minimum absolute atomic E-state index is 0.140. The maximum atomic E-state index is 12.3. The highest BCUT2D eigenvalue weighted by atomic mass is 32.2. The Hall–Kier alpha value is -4.15. The van der Waals surface area contributed by atoms with Crippen molar-refractivity contribution in [2.75, 3.05) is 18.2 Å². The van der Waals surface area contributed by atoms with Gasteiger partial charge >= 0.3 is 0 Å². The van der Waals surface area contributed by atoms with Gasteiger partial charge in [0.2, 0.25) is 5.91 Å². The summed E-state index contributed by atoms with van der Waals surface area (Å²) >= 11 is 1.40. The van der Waals surface area contributed by atoms with E-state index in [2.05, 4.69) is 16.4 Å². The zero-order valence-corrected chi connectivity index (χ0v) is 19.4. The number of amides is 1. The zero-order valence-electron chi connectivity index (χ0n) is 18.6. The molecule has 168 valence electrons. The van der Waals surface area contributed by atoms with E-state index < -0.39 is 0 Å². The summed E-state index contributed by atoms with van der Waals surface area (Å²) in [6.45, 7) is 0. The van der Waals surface area contributed by atoms with Gasteiger partial charge in [-0.15, -0.1) is 11.8 Å². The smallest absolute Gasteiger partial charge is 0.226 e. The molecule has 0 bridgehead atoms. The van der Waals surface area contributed by atoms with Gasteiger partial charge in [0.05, 0.1) is 18.4 Å². The lowest BCUT2D eigenvalue weighted by molar-refractivity contribution is -0.115. The number of carbonyl (C=O) groups is 1. The summed E-state index contributed by atoms with van der Waals surface area (Å²) in [5.74, 6) is 1.59. The summed E-state index contributed by atoms with van der Waals surface area (Å²) in [5, 5.41) is 13.4. The Morgan fingerprint density at radius 2 is 1.79 bits per heavy atom. The Labute approximate surface area is 202 Å². The van der Waals surface area contributed by atoms with E-state index >= 15 is 0 Å². The van der Waals surface area contributed by atoms with Crippen molar-refractivity contribution in [2.45, 2.75) is 11.4 Å². The average Bonchev–Trinajstić information content (AvgIpc) is 2.89. The van der Waals surface area contributed by atoms with Crippen molar-refractivity contribution in [2.24, 2.45) is 0 Å². The highest BCUT2D eigenvalue weighted by Gasteiger charge is 2.16. The number of carbonyl (C=O) groups excluding carboxylic acids is 1. The fourth-order valence-corrected chi connectivity index (χ4v) is 4.32. The summed E-state index contributed by atoms with van der Waals surface area (Å²) in [6, 6.07) is 27.0. The molecule has 0 aliphatic carbocycles. The summed E-state index contributed by atoms with van der Waals surface area (Å²) in [5.41, 5.74) is 3.90. The van der Waals surface area contributed by atoms with Gasteiger partial charge in [-0.1, -0.05) is 48.5 Å². The van der Waals surface area contributed by atoms with Crippen LogP contribution in [0.4, 0.5) is 5.82 Å². The quantitative estimate of drug-likeness (QED) is 0.330. The molecule has 1 amide bonds. The Morgan fingerprint density at radius 1 is 1.03 bits per heavy atom. The number of benzene rings is 2. The first kappa shape index (κ1) is 23.0. The molecule has 4 aromatic rings. The second-order valence-electron chi connectivity index (χ2n) is 7.30. The topological polar surface area (TPSA) is 87.9 Å². The number of aromatic nitrogens is 2. The number of anilines is 1. The molecule has 4 rings (SSSR count). The highest BCUT2D eigenvalue weighted by Crippen LogP contribution is 2.35. The Balaban J connectivity index is 1.62. The predicted octanol–water partition coefficient (Wildman–Crippen LogP) is 5.81. The standard InChI is InChI=1S/C27H22N4O2S/c1-33-21-12-10-19(11-13-21)22-17-24(20-7-3-2-4-8-20)30-27(23(22)18-28)34-16-14-26(32)31-25-9-5-6-15-29-25/h2-13,15,17H,14,16H2,1H3,(H,29,31,32). The maximum Gasteiger partial charge on any atom is 0.226 e. The fourth-order valence-electron chi connectivity index (χ4n) is 3.37. The number of ether oxygens (including phenoxy) is 1. The van der Waals surface area contributed by atoms with Crippen molar-refractivity contribution >= 4 is 23.5 Å². The van der Waals surface area contributed by atoms with E-state index in [1.54, 1.807) is 25.4 Å². The van der Waals surface area contributed by atoms with Gasteiger partial charge in [0, 0.05) is 29.5 Å². The van der Waals surface area contributed by atoms with Crippen molar-refractivity contribution in [1.29, 1.82) is 5.26 Å². The summed E-state index contributed by atoms with van der Waals surface area (Å²) in [4.78, 5) is 21.2. The van der Waals surface area contributed by atoms with Crippen molar-refractivity contribution in [3.05, 3.63) is 90.6 Å². The third-order valence-corrected chi connectivity index (χ3v) is 6.05. The second-order valence-corrected chi connectivity index (χ2v) is 8.39. The van der Waals surface area contributed by atoms with Crippen molar-refractivity contribution in [1.82, 2.24) is 9.97 Å². The van der Waals surface area contributed by atoms with Gasteiger partial charge in [-0.3, -0.25) is 4.79 Å². The number of nitriles is 1. The molecule has 0 saturated heterocycles. The number of methoxy groups -OCH3 is 1. The van der Waals surface area contributed by atoms with Gasteiger partial charge < -0.3 is 10.1 Å². The number of nitrogens with one attached hydrogen (secondary N) is 1. The van der Waals surface area contributed by atoms with Crippen LogP contribution in [0.1, 0.15) is 12.0 Å².